The van der Waals surface area contributed by atoms with Crippen LogP contribution in [-0.4, -0.2) is 15.7 Å². The third-order valence-electron chi connectivity index (χ3n) is 3.60. The molecule has 1 atom stereocenters. The number of furan rings is 1. The van der Waals surface area contributed by atoms with Gasteiger partial charge >= 0.3 is 0 Å². The minimum atomic E-state index is -0.178. The largest absolute Gasteiger partial charge is 0.464 e. The van der Waals surface area contributed by atoms with Crippen LogP contribution in [0.1, 0.15) is 30.0 Å². The number of para-hydroxylation sites is 1. The summed E-state index contributed by atoms with van der Waals surface area (Å²) in [5.74, 6) is 1.39. The third kappa shape index (κ3) is 3.81. The molecular formula is C19H19N3O2. The summed E-state index contributed by atoms with van der Waals surface area (Å²) < 4.78 is 7.28. The summed E-state index contributed by atoms with van der Waals surface area (Å²) in [5.41, 5.74) is 1.83. The second-order valence-electron chi connectivity index (χ2n) is 5.57. The van der Waals surface area contributed by atoms with E-state index >= 15 is 0 Å². The Morgan fingerprint density at radius 2 is 2.04 bits per heavy atom. The van der Waals surface area contributed by atoms with E-state index in [1.807, 2.05) is 62.5 Å². The van der Waals surface area contributed by atoms with Crippen molar-refractivity contribution in [1.29, 1.82) is 0 Å². The van der Waals surface area contributed by atoms with Crippen molar-refractivity contribution in [2.75, 3.05) is 0 Å². The lowest BCUT2D eigenvalue weighted by molar-refractivity contribution is -0.117. The topological polar surface area (TPSA) is 60.1 Å². The van der Waals surface area contributed by atoms with E-state index < -0.39 is 0 Å². The molecule has 0 bridgehead atoms. The van der Waals surface area contributed by atoms with Gasteiger partial charge in [-0.2, -0.15) is 5.10 Å². The Kier molecular flexibility index (Phi) is 4.61. The monoisotopic (exact) mass is 321 g/mol. The van der Waals surface area contributed by atoms with Crippen molar-refractivity contribution in [2.45, 2.75) is 19.9 Å². The average molecular weight is 321 g/mol. The van der Waals surface area contributed by atoms with Gasteiger partial charge in [-0.25, -0.2) is 4.68 Å². The molecule has 0 fully saturated rings. The van der Waals surface area contributed by atoms with Gasteiger partial charge in [0.2, 0.25) is 5.91 Å². The predicted octanol–water partition coefficient (Wildman–Crippen LogP) is 3.66. The number of hydrogen-bond acceptors (Lipinski definition) is 3. The highest BCUT2D eigenvalue weighted by molar-refractivity contribution is 5.91. The number of nitrogens with zero attached hydrogens (tertiary/aromatic N) is 2. The number of carbonyl (C=O) groups excluding carboxylic acids is 1. The molecule has 0 aliphatic heterocycles. The van der Waals surface area contributed by atoms with Crippen LogP contribution in [0.2, 0.25) is 0 Å². The molecule has 1 unspecified atom stereocenters. The molecule has 3 rings (SSSR count). The summed E-state index contributed by atoms with van der Waals surface area (Å²) in [6, 6.07) is 13.4. The van der Waals surface area contributed by atoms with Crippen molar-refractivity contribution in [2.24, 2.45) is 0 Å². The van der Waals surface area contributed by atoms with Gasteiger partial charge in [0.25, 0.3) is 0 Å². The molecule has 1 amide bonds. The molecule has 1 aromatic carbocycles. The fourth-order valence-electron chi connectivity index (χ4n) is 2.34. The number of aromatic nitrogens is 2. The lowest BCUT2D eigenvalue weighted by Gasteiger charge is -2.09. The smallest absolute Gasteiger partial charge is 0.244 e. The first-order valence-electron chi connectivity index (χ1n) is 7.77. The molecule has 0 saturated carbocycles. The van der Waals surface area contributed by atoms with E-state index in [4.69, 9.17) is 4.42 Å². The number of hydrogen-bond donors (Lipinski definition) is 1. The summed E-state index contributed by atoms with van der Waals surface area (Å²) in [6.45, 7) is 3.76. The Labute approximate surface area is 140 Å². The van der Waals surface area contributed by atoms with Crippen molar-refractivity contribution in [3.63, 3.8) is 0 Å². The summed E-state index contributed by atoms with van der Waals surface area (Å²) in [6.07, 6.45) is 6.83. The zero-order chi connectivity index (χ0) is 16.9. The Morgan fingerprint density at radius 3 is 2.75 bits per heavy atom. The van der Waals surface area contributed by atoms with Crippen molar-refractivity contribution in [3.8, 4) is 5.69 Å². The average Bonchev–Trinajstić information content (AvgIpc) is 3.23. The molecule has 0 radical (unpaired) electrons. The molecule has 5 nitrogen and oxygen atoms in total. The second kappa shape index (κ2) is 7.00. The maximum atomic E-state index is 12.0. The molecule has 0 aliphatic carbocycles. The quantitative estimate of drug-likeness (QED) is 0.730. The van der Waals surface area contributed by atoms with Crippen molar-refractivity contribution in [3.05, 3.63) is 78.0 Å². The molecule has 122 valence electrons. The van der Waals surface area contributed by atoms with Crippen molar-refractivity contribution >= 4 is 12.0 Å². The van der Waals surface area contributed by atoms with Crippen molar-refractivity contribution in [1.82, 2.24) is 15.1 Å². The summed E-state index contributed by atoms with van der Waals surface area (Å²) in [7, 11) is 0. The molecular weight excluding hydrogens is 302 g/mol. The number of carbonyl (C=O) groups is 1. The first kappa shape index (κ1) is 15.8. The van der Waals surface area contributed by atoms with Gasteiger partial charge in [0, 0.05) is 17.8 Å². The fourth-order valence-corrected chi connectivity index (χ4v) is 2.34. The zero-order valence-corrected chi connectivity index (χ0v) is 13.6. The maximum Gasteiger partial charge on any atom is 0.244 e. The van der Waals surface area contributed by atoms with E-state index in [2.05, 4.69) is 10.4 Å². The van der Waals surface area contributed by atoms with Gasteiger partial charge in [0.15, 0.2) is 0 Å². The molecule has 0 saturated heterocycles. The minimum absolute atomic E-state index is 0.177. The van der Waals surface area contributed by atoms with E-state index in [9.17, 15) is 4.79 Å². The lowest BCUT2D eigenvalue weighted by atomic mass is 10.2. The van der Waals surface area contributed by atoms with Gasteiger partial charge in [0.1, 0.15) is 11.5 Å². The standard InChI is InChI=1S/C19H19N3O2/c1-14-8-10-18(24-14)15(2)21-19(23)11-9-16-12-20-22(13-16)17-6-4-3-5-7-17/h3-13,15H,1-2H3,(H,21,23)/b11-9+. The van der Waals surface area contributed by atoms with Crippen molar-refractivity contribution < 1.29 is 9.21 Å². The van der Waals surface area contributed by atoms with Gasteiger partial charge < -0.3 is 9.73 Å². The molecule has 3 aromatic rings. The highest BCUT2D eigenvalue weighted by Crippen LogP contribution is 2.15. The lowest BCUT2D eigenvalue weighted by Crippen LogP contribution is -2.24. The van der Waals surface area contributed by atoms with Crippen LogP contribution in [0.5, 0.6) is 0 Å². The number of rotatable bonds is 5. The first-order chi connectivity index (χ1) is 11.6. The highest BCUT2D eigenvalue weighted by atomic mass is 16.3. The zero-order valence-electron chi connectivity index (χ0n) is 13.6. The van der Waals surface area contributed by atoms with E-state index in [-0.39, 0.29) is 11.9 Å². The van der Waals surface area contributed by atoms with Crippen LogP contribution in [0.3, 0.4) is 0 Å². The Hall–Kier alpha value is -3.08. The first-order valence-corrected chi connectivity index (χ1v) is 7.77. The van der Waals surface area contributed by atoms with Crippen LogP contribution in [-0.2, 0) is 4.79 Å². The predicted molar refractivity (Wildman–Crippen MR) is 92.6 cm³/mol. The number of aryl methyl sites for hydroxylation is 1. The van der Waals surface area contributed by atoms with Crippen LogP contribution < -0.4 is 5.32 Å². The summed E-state index contributed by atoms with van der Waals surface area (Å²) in [4.78, 5) is 12.0. The second-order valence-corrected chi connectivity index (χ2v) is 5.57. The Morgan fingerprint density at radius 1 is 1.25 bits per heavy atom. The van der Waals surface area contributed by atoms with Crippen LogP contribution >= 0.6 is 0 Å². The van der Waals surface area contributed by atoms with Crippen LogP contribution in [0.15, 0.2) is 65.4 Å². The van der Waals surface area contributed by atoms with Crippen LogP contribution in [0.25, 0.3) is 11.8 Å². The number of amides is 1. The van der Waals surface area contributed by atoms with Gasteiger partial charge in [-0.3, -0.25) is 4.79 Å². The fraction of sp³-hybridized carbons (Fsp3) is 0.158. The van der Waals surface area contributed by atoms with Gasteiger partial charge in [-0.05, 0) is 44.2 Å². The van der Waals surface area contributed by atoms with Gasteiger partial charge in [-0.1, -0.05) is 18.2 Å². The highest BCUT2D eigenvalue weighted by Gasteiger charge is 2.10. The number of benzene rings is 1. The minimum Gasteiger partial charge on any atom is -0.464 e. The molecule has 5 heteroatoms. The molecule has 0 aliphatic rings. The van der Waals surface area contributed by atoms with E-state index in [1.54, 1.807) is 17.0 Å². The summed E-state index contributed by atoms with van der Waals surface area (Å²) >= 11 is 0. The number of nitrogens with one attached hydrogen (secondary N) is 1. The van der Waals surface area contributed by atoms with E-state index in [0.29, 0.717) is 0 Å². The Bertz CT molecular complexity index is 846. The Balaban J connectivity index is 1.61. The normalized spacial score (nSPS) is 12.4. The molecule has 2 aromatic heterocycles. The molecule has 2 heterocycles. The van der Waals surface area contributed by atoms with E-state index in [0.717, 1.165) is 22.8 Å². The van der Waals surface area contributed by atoms with Crippen LogP contribution in [0, 0.1) is 6.92 Å². The SMILES string of the molecule is Cc1ccc(C(C)NC(=O)/C=C/c2cnn(-c3ccccc3)c2)o1. The van der Waals surface area contributed by atoms with Gasteiger partial charge in [-0.15, -0.1) is 0 Å². The van der Waals surface area contributed by atoms with Gasteiger partial charge in [0.05, 0.1) is 17.9 Å². The molecule has 1 N–H and O–H groups in total. The summed E-state index contributed by atoms with van der Waals surface area (Å²) in [5, 5.41) is 7.17. The third-order valence-corrected chi connectivity index (χ3v) is 3.60. The van der Waals surface area contributed by atoms with E-state index in [1.165, 1.54) is 6.08 Å². The molecule has 0 spiro atoms. The molecule has 24 heavy (non-hydrogen) atoms. The maximum absolute atomic E-state index is 12.0. The van der Waals surface area contributed by atoms with Crippen LogP contribution in [0.4, 0.5) is 0 Å².